The van der Waals surface area contributed by atoms with Crippen molar-refractivity contribution in [3.05, 3.63) is 23.3 Å². The Labute approximate surface area is 130 Å². The summed E-state index contributed by atoms with van der Waals surface area (Å²) in [5.74, 6) is 1.21. The fraction of sp³-hybridized carbons (Fsp3) is 0.562. The number of aliphatic hydroxyl groups is 1. The van der Waals surface area contributed by atoms with Gasteiger partial charge in [0, 0.05) is 6.54 Å². The maximum atomic E-state index is 12.2. The van der Waals surface area contributed by atoms with E-state index in [1.165, 1.54) is 0 Å². The molecule has 0 aliphatic carbocycles. The average Bonchev–Trinajstić information content (AvgIpc) is 2.93. The van der Waals surface area contributed by atoms with Crippen molar-refractivity contribution in [3.8, 4) is 11.5 Å². The van der Waals surface area contributed by atoms with Crippen molar-refractivity contribution >= 4 is 5.91 Å². The second-order valence-corrected chi connectivity index (χ2v) is 5.64. The minimum Gasteiger partial charge on any atom is -0.493 e. The van der Waals surface area contributed by atoms with Crippen LogP contribution in [0.25, 0.3) is 0 Å². The van der Waals surface area contributed by atoms with Crippen molar-refractivity contribution in [1.29, 1.82) is 0 Å². The van der Waals surface area contributed by atoms with Crippen LogP contribution in [0.3, 0.4) is 0 Å². The van der Waals surface area contributed by atoms with Crippen molar-refractivity contribution in [3.63, 3.8) is 0 Å². The highest BCUT2D eigenvalue weighted by Crippen LogP contribution is 2.32. The first-order chi connectivity index (χ1) is 10.5. The summed E-state index contributed by atoms with van der Waals surface area (Å²) in [6.07, 6.45) is -0.00223. The van der Waals surface area contributed by atoms with E-state index in [2.05, 4.69) is 10.6 Å². The van der Waals surface area contributed by atoms with Gasteiger partial charge in [-0.1, -0.05) is 0 Å². The van der Waals surface area contributed by atoms with Gasteiger partial charge in [-0.25, -0.2) is 0 Å². The number of nitrogens with one attached hydrogen (secondary N) is 2. The molecule has 1 aliphatic heterocycles. The number of amides is 1. The maximum Gasteiger partial charge on any atom is 0.237 e. The molecule has 3 atom stereocenters. The molecule has 1 saturated heterocycles. The maximum absolute atomic E-state index is 12.2. The quantitative estimate of drug-likeness (QED) is 0.753. The van der Waals surface area contributed by atoms with Crippen LogP contribution in [0.1, 0.15) is 30.5 Å². The van der Waals surface area contributed by atoms with E-state index in [1.54, 1.807) is 14.2 Å². The van der Waals surface area contributed by atoms with Gasteiger partial charge in [0.2, 0.25) is 5.91 Å². The van der Waals surface area contributed by atoms with Gasteiger partial charge in [0.05, 0.1) is 32.4 Å². The van der Waals surface area contributed by atoms with Crippen LogP contribution in [0.15, 0.2) is 12.1 Å². The Morgan fingerprint density at radius 2 is 2.00 bits per heavy atom. The molecule has 1 aromatic rings. The van der Waals surface area contributed by atoms with E-state index >= 15 is 0 Å². The predicted molar refractivity (Wildman–Crippen MR) is 83.3 cm³/mol. The van der Waals surface area contributed by atoms with Crippen LogP contribution in [-0.2, 0) is 4.79 Å². The molecule has 0 spiro atoms. The number of carbonyl (C=O) groups is 1. The molecule has 0 saturated carbocycles. The number of hydrogen-bond donors (Lipinski definition) is 3. The minimum absolute atomic E-state index is 0.0989. The van der Waals surface area contributed by atoms with Gasteiger partial charge in [0.1, 0.15) is 0 Å². The zero-order valence-electron chi connectivity index (χ0n) is 13.5. The third-order valence-corrected chi connectivity index (χ3v) is 4.02. The topological polar surface area (TPSA) is 79.8 Å². The number of carbonyl (C=O) groups excluding carboxylic acids is 1. The van der Waals surface area contributed by atoms with Crippen LogP contribution < -0.4 is 20.1 Å². The van der Waals surface area contributed by atoms with Crippen LogP contribution >= 0.6 is 0 Å². The van der Waals surface area contributed by atoms with Crippen molar-refractivity contribution in [2.75, 3.05) is 20.8 Å². The molecule has 1 fully saturated rings. The lowest BCUT2D eigenvalue weighted by atomic mass is 10.0. The Bertz CT molecular complexity index is 547. The van der Waals surface area contributed by atoms with Crippen LogP contribution in [0.5, 0.6) is 11.5 Å². The summed E-state index contributed by atoms with van der Waals surface area (Å²) in [7, 11) is 3.18. The number of β-amino-alcohol motifs (C(OH)–C–C–N with tert-alkyl or cyclic N) is 1. The largest absolute Gasteiger partial charge is 0.493 e. The van der Waals surface area contributed by atoms with E-state index in [0.717, 1.165) is 11.1 Å². The molecule has 1 aliphatic rings. The fourth-order valence-corrected chi connectivity index (χ4v) is 2.77. The van der Waals surface area contributed by atoms with Gasteiger partial charge in [-0.3, -0.25) is 4.79 Å². The Kier molecular flexibility index (Phi) is 5.26. The summed E-state index contributed by atoms with van der Waals surface area (Å²) in [5.41, 5.74) is 1.99. The summed E-state index contributed by atoms with van der Waals surface area (Å²) in [4.78, 5) is 12.2. The molecule has 1 aromatic carbocycles. The predicted octanol–water partition coefficient (Wildman–Crippen LogP) is 0.912. The highest BCUT2D eigenvalue weighted by molar-refractivity contribution is 5.82. The average molecular weight is 308 g/mol. The molecule has 2 rings (SSSR count). The van der Waals surface area contributed by atoms with Crippen LogP contribution in [0, 0.1) is 6.92 Å². The molecule has 122 valence electrons. The fourth-order valence-electron chi connectivity index (χ4n) is 2.77. The van der Waals surface area contributed by atoms with Crippen molar-refractivity contribution in [2.24, 2.45) is 0 Å². The molecule has 3 N–H and O–H groups in total. The molecule has 6 heteroatoms. The Morgan fingerprint density at radius 3 is 2.55 bits per heavy atom. The van der Waals surface area contributed by atoms with Gasteiger partial charge in [0.15, 0.2) is 11.5 Å². The number of aryl methyl sites for hydroxylation is 1. The van der Waals surface area contributed by atoms with Crippen molar-refractivity contribution in [1.82, 2.24) is 10.6 Å². The lowest BCUT2D eigenvalue weighted by Gasteiger charge is -2.21. The molecule has 6 nitrogen and oxygen atoms in total. The molecule has 0 aromatic heterocycles. The molecule has 22 heavy (non-hydrogen) atoms. The Balaban J connectivity index is 2.12. The number of methoxy groups -OCH3 is 2. The zero-order chi connectivity index (χ0) is 16.3. The van der Waals surface area contributed by atoms with Crippen molar-refractivity contribution in [2.45, 2.75) is 38.5 Å². The summed E-state index contributed by atoms with van der Waals surface area (Å²) in [5, 5.41) is 15.5. The summed E-state index contributed by atoms with van der Waals surface area (Å²) >= 11 is 0. The summed E-state index contributed by atoms with van der Waals surface area (Å²) in [6, 6.07) is 3.29. The van der Waals surface area contributed by atoms with Crippen molar-refractivity contribution < 1.29 is 19.4 Å². The summed E-state index contributed by atoms with van der Waals surface area (Å²) in [6.45, 7) is 4.36. The van der Waals surface area contributed by atoms with Gasteiger partial charge in [0.25, 0.3) is 0 Å². The molecule has 1 heterocycles. The van der Waals surface area contributed by atoms with E-state index in [1.807, 2.05) is 26.0 Å². The van der Waals surface area contributed by atoms with Gasteiger partial charge in [-0.15, -0.1) is 0 Å². The van der Waals surface area contributed by atoms with E-state index in [0.29, 0.717) is 24.5 Å². The number of benzene rings is 1. The third-order valence-electron chi connectivity index (χ3n) is 4.02. The van der Waals surface area contributed by atoms with Gasteiger partial charge < -0.3 is 25.2 Å². The normalized spacial score (nSPS) is 22.2. The monoisotopic (exact) mass is 308 g/mol. The Hall–Kier alpha value is -1.79. The zero-order valence-corrected chi connectivity index (χ0v) is 13.5. The molecule has 1 amide bonds. The number of hydrogen-bond acceptors (Lipinski definition) is 5. The highest BCUT2D eigenvalue weighted by atomic mass is 16.5. The van der Waals surface area contributed by atoms with E-state index in [4.69, 9.17) is 9.47 Å². The number of ether oxygens (including phenoxy) is 2. The molecule has 0 bridgehead atoms. The molecule has 0 radical (unpaired) electrons. The first-order valence-corrected chi connectivity index (χ1v) is 7.40. The molecular formula is C16H24N2O4. The highest BCUT2D eigenvalue weighted by Gasteiger charge is 2.29. The van der Waals surface area contributed by atoms with Crippen LogP contribution in [0.4, 0.5) is 0 Å². The second-order valence-electron chi connectivity index (χ2n) is 5.64. The van der Waals surface area contributed by atoms with Gasteiger partial charge >= 0.3 is 0 Å². The van der Waals surface area contributed by atoms with E-state index in [-0.39, 0.29) is 18.0 Å². The molecular weight excluding hydrogens is 284 g/mol. The van der Waals surface area contributed by atoms with Gasteiger partial charge in [-0.05, 0) is 43.5 Å². The molecule has 3 unspecified atom stereocenters. The first-order valence-electron chi connectivity index (χ1n) is 7.40. The van der Waals surface area contributed by atoms with E-state index < -0.39 is 6.10 Å². The lowest BCUT2D eigenvalue weighted by Crippen LogP contribution is -2.41. The number of rotatable bonds is 5. The standard InChI is InChI=1S/C16H24N2O4/c1-9-5-14(21-3)15(22-4)7-12(9)10(2)18-16(20)13-6-11(19)8-17-13/h5,7,10-11,13,17,19H,6,8H2,1-4H3,(H,18,20). The van der Waals surface area contributed by atoms with Crippen LogP contribution in [-0.4, -0.2) is 43.9 Å². The van der Waals surface area contributed by atoms with Crippen LogP contribution in [0.2, 0.25) is 0 Å². The lowest BCUT2D eigenvalue weighted by molar-refractivity contribution is -0.123. The third kappa shape index (κ3) is 3.51. The SMILES string of the molecule is COc1cc(C)c(C(C)NC(=O)C2CC(O)CN2)cc1OC. The Morgan fingerprint density at radius 1 is 1.36 bits per heavy atom. The minimum atomic E-state index is -0.450. The van der Waals surface area contributed by atoms with Gasteiger partial charge in [-0.2, -0.15) is 0 Å². The second kappa shape index (κ2) is 6.98. The van der Waals surface area contributed by atoms with E-state index in [9.17, 15) is 9.90 Å². The smallest absolute Gasteiger partial charge is 0.237 e. The number of aliphatic hydroxyl groups excluding tert-OH is 1. The first kappa shape index (κ1) is 16.6. The summed E-state index contributed by atoms with van der Waals surface area (Å²) < 4.78 is 10.6.